The lowest BCUT2D eigenvalue weighted by molar-refractivity contribution is -0.133. The Hall–Kier alpha value is -2.03. The summed E-state index contributed by atoms with van der Waals surface area (Å²) >= 11 is 0. The number of likely N-dealkylation sites (N-methyl/N-ethyl adjacent to an activating group) is 1. The third-order valence-corrected chi connectivity index (χ3v) is 3.27. The molecule has 0 aromatic heterocycles. The Morgan fingerprint density at radius 3 is 2.22 bits per heavy atom. The molecule has 1 fully saturated rings. The summed E-state index contributed by atoms with van der Waals surface area (Å²) in [5, 5.41) is 11.5. The van der Waals surface area contributed by atoms with E-state index in [1.54, 1.807) is 25.7 Å². The average Bonchev–Trinajstić information content (AvgIpc) is 2.41. The Morgan fingerprint density at radius 2 is 1.74 bits per heavy atom. The molecule has 1 aliphatic heterocycles. The molecule has 1 aliphatic rings. The molecular formula is C14H26N4O5. The summed E-state index contributed by atoms with van der Waals surface area (Å²) in [4.78, 5) is 39.5. The Labute approximate surface area is 136 Å². The number of amides is 3. The van der Waals surface area contributed by atoms with Crippen LogP contribution in [0.1, 0.15) is 20.8 Å². The topological polar surface area (TPSA) is 102 Å². The van der Waals surface area contributed by atoms with E-state index in [1.165, 1.54) is 0 Å². The Bertz CT molecular complexity index is 441. The maximum Gasteiger partial charge on any atom is 0.409 e. The molecule has 1 saturated heterocycles. The van der Waals surface area contributed by atoms with E-state index in [9.17, 15) is 14.4 Å². The third kappa shape index (κ3) is 7.18. The van der Waals surface area contributed by atoms with Gasteiger partial charge in [0.1, 0.15) is 18.8 Å². The van der Waals surface area contributed by atoms with Gasteiger partial charge in [0, 0.05) is 26.2 Å². The molecule has 0 aromatic rings. The number of carboxylic acid groups (broad SMARTS) is 1. The van der Waals surface area contributed by atoms with Crippen LogP contribution in [0, 0.1) is 0 Å². The van der Waals surface area contributed by atoms with E-state index in [2.05, 4.69) is 10.2 Å². The van der Waals surface area contributed by atoms with Crippen LogP contribution in [0.3, 0.4) is 0 Å². The molecule has 0 radical (unpaired) electrons. The van der Waals surface area contributed by atoms with E-state index in [1.807, 2.05) is 7.05 Å². The number of carbonyl (C=O) groups excluding carboxylic acids is 2. The fourth-order valence-electron chi connectivity index (χ4n) is 1.98. The van der Waals surface area contributed by atoms with Crippen molar-refractivity contribution < 1.29 is 24.2 Å². The van der Waals surface area contributed by atoms with Crippen LogP contribution in [-0.4, -0.2) is 89.9 Å². The van der Waals surface area contributed by atoms with E-state index in [4.69, 9.17) is 9.84 Å². The highest BCUT2D eigenvalue weighted by Gasteiger charge is 2.24. The Morgan fingerprint density at radius 1 is 1.17 bits per heavy atom. The molecule has 132 valence electrons. The van der Waals surface area contributed by atoms with Crippen molar-refractivity contribution in [3.63, 3.8) is 0 Å². The number of hydrogen-bond donors (Lipinski definition) is 2. The maximum atomic E-state index is 12.2. The largest absolute Gasteiger partial charge is 0.465 e. The van der Waals surface area contributed by atoms with E-state index in [0.717, 1.165) is 18.0 Å². The molecular weight excluding hydrogens is 304 g/mol. The van der Waals surface area contributed by atoms with Crippen molar-refractivity contribution in [2.24, 2.45) is 0 Å². The Balaban J connectivity index is 2.47. The lowest BCUT2D eigenvalue weighted by atomic mass is 10.2. The second-order valence-electron chi connectivity index (χ2n) is 6.50. The van der Waals surface area contributed by atoms with Crippen LogP contribution in [0.4, 0.5) is 9.59 Å². The zero-order chi connectivity index (χ0) is 17.6. The van der Waals surface area contributed by atoms with Crippen LogP contribution in [-0.2, 0) is 9.53 Å². The molecule has 0 aromatic carbocycles. The second-order valence-corrected chi connectivity index (χ2v) is 6.50. The van der Waals surface area contributed by atoms with Crippen molar-refractivity contribution in [3.8, 4) is 0 Å². The average molecular weight is 330 g/mol. The molecule has 23 heavy (non-hydrogen) atoms. The van der Waals surface area contributed by atoms with Gasteiger partial charge in [-0.1, -0.05) is 0 Å². The van der Waals surface area contributed by atoms with E-state index >= 15 is 0 Å². The van der Waals surface area contributed by atoms with Gasteiger partial charge in [0.15, 0.2) is 0 Å². The van der Waals surface area contributed by atoms with Crippen molar-refractivity contribution in [1.82, 2.24) is 20.0 Å². The number of nitrogens with zero attached hydrogens (tertiary/aromatic N) is 3. The molecule has 1 heterocycles. The van der Waals surface area contributed by atoms with E-state index < -0.39 is 17.8 Å². The molecule has 0 aliphatic carbocycles. The van der Waals surface area contributed by atoms with Crippen LogP contribution in [0.5, 0.6) is 0 Å². The van der Waals surface area contributed by atoms with Crippen molar-refractivity contribution in [2.75, 3.05) is 46.4 Å². The number of carbonyl (C=O) groups is 3. The van der Waals surface area contributed by atoms with Crippen LogP contribution in [0.25, 0.3) is 0 Å². The summed E-state index contributed by atoms with van der Waals surface area (Å²) in [7, 11) is 1.97. The first-order chi connectivity index (χ1) is 10.6. The zero-order valence-electron chi connectivity index (χ0n) is 14.2. The summed E-state index contributed by atoms with van der Waals surface area (Å²) in [6.07, 6.45) is -2.00. The smallest absolute Gasteiger partial charge is 0.409 e. The predicted octanol–water partition coefficient (Wildman–Crippen LogP) is 0.223. The van der Waals surface area contributed by atoms with Crippen LogP contribution < -0.4 is 5.32 Å². The van der Waals surface area contributed by atoms with Crippen molar-refractivity contribution in [3.05, 3.63) is 0 Å². The SMILES string of the molecule is CN1CCN(C(=O)CN(CNC(=O)OC(C)(C)C)C(=O)O)CC1. The number of nitrogens with one attached hydrogen (secondary N) is 1. The molecule has 1 rings (SSSR count). The highest BCUT2D eigenvalue weighted by atomic mass is 16.6. The van der Waals surface area contributed by atoms with Gasteiger partial charge in [0.25, 0.3) is 0 Å². The number of rotatable bonds is 4. The lowest BCUT2D eigenvalue weighted by Crippen LogP contribution is -2.52. The van der Waals surface area contributed by atoms with Crippen molar-refractivity contribution >= 4 is 18.1 Å². The normalized spacial score (nSPS) is 15.9. The van der Waals surface area contributed by atoms with Gasteiger partial charge >= 0.3 is 12.2 Å². The molecule has 0 saturated carbocycles. The van der Waals surface area contributed by atoms with Crippen molar-refractivity contribution in [2.45, 2.75) is 26.4 Å². The molecule has 0 spiro atoms. The third-order valence-electron chi connectivity index (χ3n) is 3.27. The van der Waals surface area contributed by atoms with Gasteiger partial charge < -0.3 is 25.0 Å². The fraction of sp³-hybridized carbons (Fsp3) is 0.786. The van der Waals surface area contributed by atoms with E-state index in [-0.39, 0.29) is 19.1 Å². The number of piperazine rings is 1. The summed E-state index contributed by atoms with van der Waals surface area (Å²) < 4.78 is 5.03. The minimum Gasteiger partial charge on any atom is -0.465 e. The predicted molar refractivity (Wildman–Crippen MR) is 83.0 cm³/mol. The number of hydrogen-bond acceptors (Lipinski definition) is 5. The fourth-order valence-corrected chi connectivity index (χ4v) is 1.98. The number of alkyl carbamates (subject to hydrolysis) is 1. The molecule has 0 unspecified atom stereocenters. The maximum absolute atomic E-state index is 12.2. The minimum absolute atomic E-state index is 0.272. The van der Waals surface area contributed by atoms with Gasteiger partial charge in [-0.3, -0.25) is 9.69 Å². The zero-order valence-corrected chi connectivity index (χ0v) is 14.2. The summed E-state index contributed by atoms with van der Waals surface area (Å²) in [6.45, 7) is 7.18. The lowest BCUT2D eigenvalue weighted by Gasteiger charge is -2.33. The first-order valence-corrected chi connectivity index (χ1v) is 7.49. The van der Waals surface area contributed by atoms with Gasteiger partial charge in [-0.05, 0) is 27.8 Å². The summed E-state index contributed by atoms with van der Waals surface area (Å²) in [5.74, 6) is -0.272. The van der Waals surface area contributed by atoms with Gasteiger partial charge in [-0.2, -0.15) is 0 Å². The monoisotopic (exact) mass is 330 g/mol. The second kappa shape index (κ2) is 8.00. The molecule has 9 nitrogen and oxygen atoms in total. The first kappa shape index (κ1) is 19.0. The summed E-state index contributed by atoms with van der Waals surface area (Å²) in [6, 6.07) is 0. The molecule has 9 heteroatoms. The standard InChI is InChI=1S/C14H26N4O5/c1-14(2,3)23-12(20)15-10-18(13(21)22)9-11(19)17-7-5-16(4)6-8-17/h5-10H2,1-4H3,(H,15,20)(H,21,22). The van der Waals surface area contributed by atoms with Gasteiger partial charge in [-0.15, -0.1) is 0 Å². The van der Waals surface area contributed by atoms with Crippen LogP contribution >= 0.6 is 0 Å². The highest BCUT2D eigenvalue weighted by molar-refractivity contribution is 5.82. The minimum atomic E-state index is -1.27. The quantitative estimate of drug-likeness (QED) is 0.715. The summed E-state index contributed by atoms with van der Waals surface area (Å²) in [5.41, 5.74) is -0.673. The molecule has 3 amide bonds. The number of ether oxygens (including phenoxy) is 1. The highest BCUT2D eigenvalue weighted by Crippen LogP contribution is 2.06. The van der Waals surface area contributed by atoms with Gasteiger partial charge in [0.2, 0.25) is 5.91 Å². The van der Waals surface area contributed by atoms with Crippen molar-refractivity contribution in [1.29, 1.82) is 0 Å². The molecule has 2 N–H and O–H groups in total. The van der Waals surface area contributed by atoms with E-state index in [0.29, 0.717) is 13.1 Å². The van der Waals surface area contributed by atoms with Gasteiger partial charge in [0.05, 0.1) is 0 Å². The Kier molecular flexibility index (Phi) is 6.62. The molecule has 0 bridgehead atoms. The van der Waals surface area contributed by atoms with Gasteiger partial charge in [-0.25, -0.2) is 9.59 Å². The van der Waals surface area contributed by atoms with Crippen LogP contribution in [0.15, 0.2) is 0 Å². The molecule has 0 atom stereocenters. The van der Waals surface area contributed by atoms with Crippen LogP contribution in [0.2, 0.25) is 0 Å². The first-order valence-electron chi connectivity index (χ1n) is 7.49.